The summed E-state index contributed by atoms with van der Waals surface area (Å²) in [4.78, 5) is 36.6. The summed E-state index contributed by atoms with van der Waals surface area (Å²) < 4.78 is 5.09. The van der Waals surface area contributed by atoms with Gasteiger partial charge in [-0.05, 0) is 25.7 Å². The van der Waals surface area contributed by atoms with Crippen molar-refractivity contribution in [2.45, 2.75) is 37.3 Å². The van der Waals surface area contributed by atoms with Gasteiger partial charge in [-0.25, -0.2) is 4.79 Å². The Morgan fingerprint density at radius 2 is 2.30 bits per heavy atom. The van der Waals surface area contributed by atoms with E-state index in [9.17, 15) is 14.4 Å². The number of ether oxygens (including phenoxy) is 1. The lowest BCUT2D eigenvalue weighted by atomic mass is 9.74. The molecule has 20 heavy (non-hydrogen) atoms. The fourth-order valence-electron chi connectivity index (χ4n) is 3.31. The third-order valence-electron chi connectivity index (χ3n) is 4.41. The molecule has 0 aromatic carbocycles. The van der Waals surface area contributed by atoms with E-state index in [4.69, 9.17) is 16.3 Å². The predicted molar refractivity (Wildman–Crippen MR) is 71.1 cm³/mol. The zero-order valence-electron chi connectivity index (χ0n) is 10.9. The molecule has 1 N–H and O–H groups in total. The Hall–Kier alpha value is -1.36. The molecule has 3 aliphatic rings. The Balaban J connectivity index is 1.88. The van der Waals surface area contributed by atoms with E-state index in [1.807, 2.05) is 12.2 Å². The maximum atomic E-state index is 12.7. The SMILES string of the molecule is O=C1N[C@@]2(C(=O)[C@@H]3C=CCCC3)C(=O)OC2[C@H]1CCCl. The van der Waals surface area contributed by atoms with Crippen LogP contribution in [0.1, 0.15) is 25.7 Å². The van der Waals surface area contributed by atoms with Gasteiger partial charge in [0.2, 0.25) is 11.4 Å². The zero-order valence-corrected chi connectivity index (χ0v) is 11.7. The monoisotopic (exact) mass is 297 g/mol. The number of fused-ring (bicyclic) bond motifs is 1. The smallest absolute Gasteiger partial charge is 0.344 e. The second-order valence-corrected chi connectivity index (χ2v) is 5.92. The Morgan fingerprint density at radius 1 is 1.50 bits per heavy atom. The van der Waals surface area contributed by atoms with Crippen molar-refractivity contribution in [1.29, 1.82) is 0 Å². The molecule has 5 nitrogen and oxygen atoms in total. The number of carbonyl (C=O) groups excluding carboxylic acids is 3. The first-order valence-corrected chi connectivity index (χ1v) is 7.44. The fraction of sp³-hybridized carbons (Fsp3) is 0.643. The van der Waals surface area contributed by atoms with Crippen LogP contribution in [0.4, 0.5) is 0 Å². The van der Waals surface area contributed by atoms with Gasteiger partial charge in [0.05, 0.1) is 5.92 Å². The summed E-state index contributed by atoms with van der Waals surface area (Å²) in [5, 5.41) is 2.59. The van der Waals surface area contributed by atoms with Crippen LogP contribution in [0.15, 0.2) is 12.2 Å². The topological polar surface area (TPSA) is 72.5 Å². The summed E-state index contributed by atoms with van der Waals surface area (Å²) in [6, 6.07) is 0. The molecule has 2 heterocycles. The van der Waals surface area contributed by atoms with Gasteiger partial charge < -0.3 is 10.1 Å². The van der Waals surface area contributed by atoms with Crippen LogP contribution >= 0.6 is 11.6 Å². The van der Waals surface area contributed by atoms with Crippen molar-refractivity contribution in [3.63, 3.8) is 0 Å². The zero-order chi connectivity index (χ0) is 14.3. The van der Waals surface area contributed by atoms with Gasteiger partial charge in [0.25, 0.3) is 0 Å². The number of allylic oxidation sites excluding steroid dienone is 2. The molecule has 2 saturated heterocycles. The van der Waals surface area contributed by atoms with Crippen LogP contribution in [-0.4, -0.2) is 35.2 Å². The second-order valence-electron chi connectivity index (χ2n) is 5.54. The third-order valence-corrected chi connectivity index (χ3v) is 4.62. The summed E-state index contributed by atoms with van der Waals surface area (Å²) in [7, 11) is 0. The second kappa shape index (κ2) is 4.88. The van der Waals surface area contributed by atoms with Crippen LogP contribution in [0.5, 0.6) is 0 Å². The third kappa shape index (κ3) is 1.72. The van der Waals surface area contributed by atoms with E-state index in [1.165, 1.54) is 0 Å². The van der Waals surface area contributed by atoms with Crippen molar-refractivity contribution in [2.24, 2.45) is 11.8 Å². The number of carbonyl (C=O) groups is 3. The van der Waals surface area contributed by atoms with E-state index in [1.54, 1.807) is 0 Å². The first-order chi connectivity index (χ1) is 9.61. The number of hydrogen-bond donors (Lipinski definition) is 1. The molecule has 108 valence electrons. The number of nitrogens with one attached hydrogen (secondary N) is 1. The van der Waals surface area contributed by atoms with Gasteiger partial charge >= 0.3 is 5.97 Å². The molecule has 0 bridgehead atoms. The van der Waals surface area contributed by atoms with Gasteiger partial charge in [-0.15, -0.1) is 11.6 Å². The number of ketones is 1. The van der Waals surface area contributed by atoms with E-state index in [0.29, 0.717) is 18.7 Å². The Labute approximate surface area is 121 Å². The molecular weight excluding hydrogens is 282 g/mol. The molecule has 0 aromatic rings. The van der Waals surface area contributed by atoms with Crippen molar-refractivity contribution in [2.75, 3.05) is 5.88 Å². The van der Waals surface area contributed by atoms with Crippen LogP contribution in [0.2, 0.25) is 0 Å². The molecule has 0 aromatic heterocycles. The summed E-state index contributed by atoms with van der Waals surface area (Å²) in [6.07, 6.45) is 6.09. The molecule has 6 heteroatoms. The van der Waals surface area contributed by atoms with Gasteiger partial charge in [0.1, 0.15) is 0 Å². The average Bonchev–Trinajstić information content (AvgIpc) is 2.69. The first-order valence-electron chi connectivity index (χ1n) is 6.91. The van der Waals surface area contributed by atoms with Gasteiger partial charge in [0, 0.05) is 11.8 Å². The number of rotatable bonds is 4. The lowest BCUT2D eigenvalue weighted by Crippen LogP contribution is -2.72. The molecule has 4 atom stereocenters. The van der Waals surface area contributed by atoms with E-state index in [-0.39, 0.29) is 17.6 Å². The van der Waals surface area contributed by atoms with Crippen molar-refractivity contribution in [3.05, 3.63) is 12.2 Å². The van der Waals surface area contributed by atoms with Crippen LogP contribution in [0.3, 0.4) is 0 Å². The van der Waals surface area contributed by atoms with Crippen LogP contribution in [0, 0.1) is 11.8 Å². The maximum Gasteiger partial charge on any atom is 0.344 e. The highest BCUT2D eigenvalue weighted by molar-refractivity contribution is 6.20. The summed E-state index contributed by atoms with van der Waals surface area (Å²) >= 11 is 5.68. The van der Waals surface area contributed by atoms with E-state index >= 15 is 0 Å². The highest BCUT2D eigenvalue weighted by Gasteiger charge is 2.72. The van der Waals surface area contributed by atoms with Gasteiger partial charge in [-0.1, -0.05) is 12.2 Å². The number of halogens is 1. The molecule has 0 saturated carbocycles. The Bertz CT molecular complexity index is 503. The normalized spacial score (nSPS) is 38.8. The number of hydrogen-bond acceptors (Lipinski definition) is 4. The van der Waals surface area contributed by atoms with Gasteiger partial charge in [0.15, 0.2) is 11.9 Å². The van der Waals surface area contributed by atoms with E-state index < -0.39 is 23.5 Å². The maximum absolute atomic E-state index is 12.7. The summed E-state index contributed by atoms with van der Waals surface area (Å²) in [6.45, 7) is 0. The summed E-state index contributed by atoms with van der Waals surface area (Å²) in [5.74, 6) is -1.71. The molecule has 1 unspecified atom stereocenters. The highest BCUT2D eigenvalue weighted by atomic mass is 35.5. The van der Waals surface area contributed by atoms with Crippen molar-refractivity contribution in [3.8, 4) is 0 Å². The lowest BCUT2D eigenvalue weighted by Gasteiger charge is -2.42. The number of esters is 1. The predicted octanol–water partition coefficient (Wildman–Crippen LogP) is 0.951. The molecule has 1 aliphatic carbocycles. The minimum absolute atomic E-state index is 0.236. The van der Waals surface area contributed by atoms with Crippen molar-refractivity contribution >= 4 is 29.3 Å². The Kier molecular flexibility index (Phi) is 3.32. The standard InChI is InChI=1S/C14H16ClNO4/c15-7-6-9-11-14(13(19)20-11,16-12(9)18)10(17)8-4-2-1-3-5-8/h2,4,8-9,11H,1,3,5-7H2,(H,16,18)/t8-,9-,11?,14-/m1/s1. The van der Waals surface area contributed by atoms with Gasteiger partial charge in [-0.2, -0.15) is 0 Å². The molecule has 3 rings (SSSR count). The average molecular weight is 298 g/mol. The van der Waals surface area contributed by atoms with E-state index in [0.717, 1.165) is 12.8 Å². The quantitative estimate of drug-likeness (QED) is 0.363. The molecule has 0 spiro atoms. The van der Waals surface area contributed by atoms with Crippen LogP contribution in [-0.2, 0) is 19.1 Å². The van der Waals surface area contributed by atoms with E-state index in [2.05, 4.69) is 5.32 Å². The fourth-order valence-corrected chi connectivity index (χ4v) is 3.55. The first kappa shape index (κ1) is 13.6. The lowest BCUT2D eigenvalue weighted by molar-refractivity contribution is -0.193. The molecule has 2 aliphatic heterocycles. The van der Waals surface area contributed by atoms with Crippen molar-refractivity contribution < 1.29 is 19.1 Å². The highest BCUT2D eigenvalue weighted by Crippen LogP contribution is 2.43. The molecule has 2 fully saturated rings. The molecule has 1 amide bonds. The largest absolute Gasteiger partial charge is 0.456 e. The van der Waals surface area contributed by atoms with Crippen LogP contribution in [0.25, 0.3) is 0 Å². The number of alkyl halides is 1. The summed E-state index contributed by atoms with van der Waals surface area (Å²) in [5.41, 5.74) is -1.46. The molecule has 0 radical (unpaired) electrons. The minimum atomic E-state index is -1.46. The van der Waals surface area contributed by atoms with Crippen molar-refractivity contribution in [1.82, 2.24) is 5.32 Å². The molecular formula is C14H16ClNO4. The number of Topliss-reactive ketones (excluding diaryl/α,β-unsaturated/α-hetero) is 1. The number of amides is 1. The van der Waals surface area contributed by atoms with Gasteiger partial charge in [-0.3, -0.25) is 9.59 Å². The Morgan fingerprint density at radius 3 is 2.90 bits per heavy atom. The minimum Gasteiger partial charge on any atom is -0.456 e. The van der Waals surface area contributed by atoms with Crippen LogP contribution < -0.4 is 5.32 Å².